The van der Waals surface area contributed by atoms with E-state index in [0.717, 1.165) is 0 Å². The zero-order chi connectivity index (χ0) is 15.9. The van der Waals surface area contributed by atoms with Crippen LogP contribution in [0.25, 0.3) is 0 Å². The van der Waals surface area contributed by atoms with Gasteiger partial charge in [0.1, 0.15) is 11.6 Å². The standard InChI is InChI=1S/C16H15F2NO2S/c17-13-5-7-14(8-6-13)19-16(20)9-10-22(21)11-12-3-1-2-4-15(12)18/h1-8H,9-11H2,(H,19,20)/t22-/m0/s1. The molecule has 0 aliphatic heterocycles. The number of hydrogen-bond donors (Lipinski definition) is 1. The molecule has 0 heterocycles. The molecule has 2 aromatic carbocycles. The molecule has 1 atom stereocenters. The summed E-state index contributed by atoms with van der Waals surface area (Å²) in [5.74, 6) is -0.873. The van der Waals surface area contributed by atoms with Crippen molar-refractivity contribution in [2.24, 2.45) is 0 Å². The molecule has 1 amide bonds. The van der Waals surface area contributed by atoms with E-state index in [0.29, 0.717) is 11.3 Å². The molecule has 116 valence electrons. The fraction of sp³-hybridized carbons (Fsp3) is 0.188. The van der Waals surface area contributed by atoms with Crippen molar-refractivity contribution in [1.82, 2.24) is 0 Å². The van der Waals surface area contributed by atoms with Gasteiger partial charge in [-0.2, -0.15) is 0 Å². The number of hydrogen-bond acceptors (Lipinski definition) is 2. The molecule has 0 spiro atoms. The minimum Gasteiger partial charge on any atom is -0.326 e. The van der Waals surface area contributed by atoms with Gasteiger partial charge in [0.25, 0.3) is 0 Å². The Labute approximate surface area is 129 Å². The average molecular weight is 323 g/mol. The predicted octanol–water partition coefficient (Wildman–Crippen LogP) is 3.24. The highest BCUT2D eigenvalue weighted by atomic mass is 32.2. The lowest BCUT2D eigenvalue weighted by Gasteiger charge is -2.06. The summed E-state index contributed by atoms with van der Waals surface area (Å²) in [6.07, 6.45) is 0.0540. The van der Waals surface area contributed by atoms with Gasteiger partial charge in [0.05, 0.1) is 5.75 Å². The molecule has 0 aliphatic carbocycles. The molecule has 0 saturated carbocycles. The Bertz CT molecular complexity index is 674. The summed E-state index contributed by atoms with van der Waals surface area (Å²) in [7, 11) is -1.32. The number of rotatable bonds is 6. The lowest BCUT2D eigenvalue weighted by Crippen LogP contribution is -2.15. The molecule has 2 aromatic rings. The van der Waals surface area contributed by atoms with Gasteiger partial charge in [-0.25, -0.2) is 8.78 Å². The number of halogens is 2. The van der Waals surface area contributed by atoms with Crippen LogP contribution in [0.5, 0.6) is 0 Å². The molecule has 0 fully saturated rings. The molecule has 2 rings (SSSR count). The number of amides is 1. The van der Waals surface area contributed by atoms with Crippen LogP contribution in [0.1, 0.15) is 12.0 Å². The molecule has 0 unspecified atom stereocenters. The van der Waals surface area contributed by atoms with Crippen molar-refractivity contribution < 1.29 is 17.8 Å². The molecule has 6 heteroatoms. The van der Waals surface area contributed by atoms with Crippen LogP contribution in [0.2, 0.25) is 0 Å². The maximum Gasteiger partial charge on any atom is 0.225 e. The summed E-state index contributed by atoms with van der Waals surface area (Å²) in [6, 6.07) is 11.5. The number of benzene rings is 2. The van der Waals surface area contributed by atoms with Gasteiger partial charge in [0.2, 0.25) is 5.91 Å². The molecule has 0 saturated heterocycles. The van der Waals surface area contributed by atoms with Crippen molar-refractivity contribution in [2.75, 3.05) is 11.1 Å². The van der Waals surface area contributed by atoms with Crippen molar-refractivity contribution in [3.05, 3.63) is 65.7 Å². The highest BCUT2D eigenvalue weighted by Crippen LogP contribution is 2.11. The minimum absolute atomic E-state index is 0.0540. The van der Waals surface area contributed by atoms with Crippen molar-refractivity contribution in [3.8, 4) is 0 Å². The number of carbonyl (C=O) groups is 1. The predicted molar refractivity (Wildman–Crippen MR) is 82.8 cm³/mol. The second-order valence-electron chi connectivity index (χ2n) is 4.68. The molecular formula is C16H15F2NO2S. The SMILES string of the molecule is O=C(CC[S@](=O)Cc1ccccc1F)Nc1ccc(F)cc1. The smallest absolute Gasteiger partial charge is 0.225 e. The van der Waals surface area contributed by atoms with Gasteiger partial charge in [-0.15, -0.1) is 0 Å². The Kier molecular flexibility index (Phi) is 5.77. The first-order valence-electron chi connectivity index (χ1n) is 6.68. The first kappa shape index (κ1) is 16.3. The fourth-order valence-electron chi connectivity index (χ4n) is 1.82. The summed E-state index contributed by atoms with van der Waals surface area (Å²) < 4.78 is 38.0. The molecule has 0 aromatic heterocycles. The summed E-state index contributed by atoms with van der Waals surface area (Å²) in [5.41, 5.74) is 0.853. The third-order valence-corrected chi connectivity index (χ3v) is 4.25. The molecular weight excluding hydrogens is 308 g/mol. The molecule has 0 radical (unpaired) electrons. The van der Waals surface area contributed by atoms with E-state index < -0.39 is 16.6 Å². The zero-order valence-corrected chi connectivity index (χ0v) is 12.5. The summed E-state index contributed by atoms with van der Waals surface area (Å²) >= 11 is 0. The van der Waals surface area contributed by atoms with Crippen LogP contribution in [0, 0.1) is 11.6 Å². The van der Waals surface area contributed by atoms with E-state index in [1.54, 1.807) is 18.2 Å². The van der Waals surface area contributed by atoms with Crippen molar-refractivity contribution in [1.29, 1.82) is 0 Å². The van der Waals surface area contributed by atoms with Crippen LogP contribution in [0.15, 0.2) is 48.5 Å². The van der Waals surface area contributed by atoms with Crippen LogP contribution >= 0.6 is 0 Å². The van der Waals surface area contributed by atoms with Crippen LogP contribution in [0.3, 0.4) is 0 Å². The van der Waals surface area contributed by atoms with Gasteiger partial charge in [-0.05, 0) is 30.3 Å². The van der Waals surface area contributed by atoms with Gasteiger partial charge >= 0.3 is 0 Å². The van der Waals surface area contributed by atoms with Crippen LogP contribution in [-0.4, -0.2) is 15.9 Å². The fourth-order valence-corrected chi connectivity index (χ4v) is 2.96. The van der Waals surface area contributed by atoms with Crippen LogP contribution in [0.4, 0.5) is 14.5 Å². The van der Waals surface area contributed by atoms with E-state index in [-0.39, 0.29) is 29.7 Å². The van der Waals surface area contributed by atoms with E-state index in [9.17, 15) is 17.8 Å². The van der Waals surface area contributed by atoms with Gasteiger partial charge < -0.3 is 5.32 Å². The lowest BCUT2D eigenvalue weighted by molar-refractivity contribution is -0.115. The van der Waals surface area contributed by atoms with Gasteiger partial charge in [0, 0.05) is 34.2 Å². The average Bonchev–Trinajstić information content (AvgIpc) is 2.50. The second-order valence-corrected chi connectivity index (χ2v) is 6.26. The number of carbonyl (C=O) groups excluding carboxylic acids is 1. The Balaban J connectivity index is 1.79. The van der Waals surface area contributed by atoms with Gasteiger partial charge in [-0.3, -0.25) is 9.00 Å². The highest BCUT2D eigenvalue weighted by Gasteiger charge is 2.09. The number of nitrogens with one attached hydrogen (secondary N) is 1. The Morgan fingerprint density at radius 1 is 1.05 bits per heavy atom. The first-order valence-corrected chi connectivity index (χ1v) is 8.17. The summed E-state index contributed by atoms with van der Waals surface area (Å²) in [4.78, 5) is 11.7. The minimum atomic E-state index is -1.32. The van der Waals surface area contributed by atoms with E-state index >= 15 is 0 Å². The normalized spacial score (nSPS) is 11.9. The van der Waals surface area contributed by atoms with E-state index in [4.69, 9.17) is 0 Å². The topological polar surface area (TPSA) is 46.2 Å². The highest BCUT2D eigenvalue weighted by molar-refractivity contribution is 7.84. The van der Waals surface area contributed by atoms with Crippen molar-refractivity contribution >= 4 is 22.4 Å². The zero-order valence-electron chi connectivity index (χ0n) is 11.7. The van der Waals surface area contributed by atoms with Crippen molar-refractivity contribution in [2.45, 2.75) is 12.2 Å². The number of anilines is 1. The van der Waals surface area contributed by atoms with E-state index in [2.05, 4.69) is 5.32 Å². The summed E-state index contributed by atoms with van der Waals surface area (Å²) in [6.45, 7) is 0. The molecule has 1 N–H and O–H groups in total. The van der Waals surface area contributed by atoms with Crippen LogP contribution in [-0.2, 0) is 21.3 Å². The first-order chi connectivity index (χ1) is 10.5. The summed E-state index contributed by atoms with van der Waals surface area (Å²) in [5, 5.41) is 2.59. The third-order valence-electron chi connectivity index (χ3n) is 2.96. The quantitative estimate of drug-likeness (QED) is 0.887. The molecule has 3 nitrogen and oxygen atoms in total. The Morgan fingerprint density at radius 2 is 1.73 bits per heavy atom. The Hall–Kier alpha value is -2.08. The van der Waals surface area contributed by atoms with Crippen LogP contribution < -0.4 is 5.32 Å². The van der Waals surface area contributed by atoms with Gasteiger partial charge in [0.15, 0.2) is 0 Å². The monoisotopic (exact) mass is 323 g/mol. The second kappa shape index (κ2) is 7.79. The maximum absolute atomic E-state index is 13.4. The largest absolute Gasteiger partial charge is 0.326 e. The maximum atomic E-state index is 13.4. The molecule has 0 aliphatic rings. The van der Waals surface area contributed by atoms with Crippen molar-refractivity contribution in [3.63, 3.8) is 0 Å². The van der Waals surface area contributed by atoms with E-state index in [1.165, 1.54) is 30.3 Å². The van der Waals surface area contributed by atoms with Gasteiger partial charge in [-0.1, -0.05) is 18.2 Å². The molecule has 0 bridgehead atoms. The third kappa shape index (κ3) is 5.04. The molecule has 22 heavy (non-hydrogen) atoms. The van der Waals surface area contributed by atoms with E-state index in [1.807, 2.05) is 0 Å². The Morgan fingerprint density at radius 3 is 2.41 bits per heavy atom. The lowest BCUT2D eigenvalue weighted by atomic mass is 10.2.